The Morgan fingerprint density at radius 3 is 2.25 bits per heavy atom. The molecule has 13 nitrogen and oxygen atoms in total. The fourth-order valence-corrected chi connectivity index (χ4v) is 7.04. The predicted molar refractivity (Wildman–Crippen MR) is 207 cm³/mol. The summed E-state index contributed by atoms with van der Waals surface area (Å²) in [5.41, 5.74) is 2.04. The van der Waals surface area contributed by atoms with Gasteiger partial charge in [-0.15, -0.1) is 0 Å². The maximum atomic E-state index is 12.8. The van der Waals surface area contributed by atoms with E-state index in [0.717, 1.165) is 30.2 Å². The minimum Gasteiger partial charge on any atom is -0.504 e. The monoisotopic (exact) mass is 755 g/mol. The highest BCUT2D eigenvalue weighted by atomic mass is 16.6. The first-order valence-electron chi connectivity index (χ1n) is 18.3. The number of aromatic hydroxyl groups is 1. The third kappa shape index (κ3) is 10.2. The molecule has 1 amide bonds. The number of nitro groups is 1. The van der Waals surface area contributed by atoms with Gasteiger partial charge in [0.1, 0.15) is 17.9 Å². The zero-order chi connectivity index (χ0) is 39.6. The van der Waals surface area contributed by atoms with Crippen molar-refractivity contribution in [3.63, 3.8) is 0 Å². The summed E-state index contributed by atoms with van der Waals surface area (Å²) in [5.74, 6) is 0.666. The molecule has 0 heterocycles. The van der Waals surface area contributed by atoms with E-state index in [4.69, 9.17) is 18.9 Å². The lowest BCUT2D eigenvalue weighted by molar-refractivity contribution is -0.384. The van der Waals surface area contributed by atoms with E-state index in [9.17, 15) is 29.9 Å². The van der Waals surface area contributed by atoms with Crippen molar-refractivity contribution in [2.24, 2.45) is 17.8 Å². The summed E-state index contributed by atoms with van der Waals surface area (Å²) >= 11 is 0. The molecule has 0 radical (unpaired) electrons. The molecule has 0 spiro atoms. The number of nitrogens with zero attached hydrogens (tertiary/aromatic N) is 2. The van der Waals surface area contributed by atoms with E-state index in [1.807, 2.05) is 29.2 Å². The predicted octanol–water partition coefficient (Wildman–Crippen LogP) is 8.11. The van der Waals surface area contributed by atoms with Crippen LogP contribution in [0.25, 0.3) is 0 Å². The van der Waals surface area contributed by atoms with Crippen LogP contribution in [-0.2, 0) is 29.2 Å². The number of para-hydroxylation sites is 2. The number of carbonyl (C=O) groups is 2. The zero-order valence-electron chi connectivity index (χ0n) is 31.8. The van der Waals surface area contributed by atoms with E-state index in [1.54, 1.807) is 36.4 Å². The summed E-state index contributed by atoms with van der Waals surface area (Å²) < 4.78 is 23.3. The lowest BCUT2D eigenvalue weighted by atomic mass is 9.75. The molecule has 55 heavy (non-hydrogen) atoms. The van der Waals surface area contributed by atoms with Crippen LogP contribution in [0.5, 0.6) is 28.7 Å². The van der Waals surface area contributed by atoms with Crippen LogP contribution in [0.15, 0.2) is 78.9 Å². The third-order valence-corrected chi connectivity index (χ3v) is 10.1. The number of carbonyl (C=O) groups excluding carboxylic acids is 1. The van der Waals surface area contributed by atoms with E-state index >= 15 is 0 Å². The van der Waals surface area contributed by atoms with Gasteiger partial charge in [-0.3, -0.25) is 14.9 Å². The second kappa shape index (κ2) is 18.5. The Balaban J connectivity index is 1.38. The second-order valence-electron chi connectivity index (χ2n) is 14.2. The average Bonchev–Trinajstić information content (AvgIpc) is 3.17. The second-order valence-corrected chi connectivity index (χ2v) is 14.2. The first-order chi connectivity index (χ1) is 26.4. The number of hydrogen-bond acceptors (Lipinski definition) is 10. The lowest BCUT2D eigenvalue weighted by Crippen LogP contribution is -2.37. The first kappa shape index (κ1) is 40.4. The van der Waals surface area contributed by atoms with Gasteiger partial charge in [-0.2, -0.15) is 0 Å². The summed E-state index contributed by atoms with van der Waals surface area (Å²) in [6, 6.07) is 21.4. The fraction of sp³-hybridized carbons (Fsp3) is 0.381. The number of nitrogens with one attached hydrogen (secondary N) is 1. The van der Waals surface area contributed by atoms with Crippen molar-refractivity contribution in [2.45, 2.75) is 65.8 Å². The van der Waals surface area contributed by atoms with Gasteiger partial charge in [0.15, 0.2) is 23.0 Å². The number of benzene rings is 4. The molecule has 0 aliphatic heterocycles. The number of nitro benzene ring substituents is 1. The van der Waals surface area contributed by atoms with E-state index < -0.39 is 10.9 Å². The highest BCUT2D eigenvalue weighted by Crippen LogP contribution is 2.40. The molecule has 0 aromatic heterocycles. The van der Waals surface area contributed by atoms with Crippen molar-refractivity contribution in [3.05, 3.63) is 111 Å². The molecule has 1 aliphatic rings. The zero-order valence-corrected chi connectivity index (χ0v) is 31.8. The number of aromatic carboxylic acids is 1. The van der Waals surface area contributed by atoms with Gasteiger partial charge in [0, 0.05) is 48.6 Å². The number of rotatable bonds is 17. The molecule has 1 saturated carbocycles. The Morgan fingerprint density at radius 1 is 0.927 bits per heavy atom. The summed E-state index contributed by atoms with van der Waals surface area (Å²) in [6.07, 6.45) is 3.34. The highest BCUT2D eigenvalue weighted by Gasteiger charge is 2.32. The third-order valence-electron chi connectivity index (χ3n) is 10.1. The van der Waals surface area contributed by atoms with Crippen molar-refractivity contribution in [1.29, 1.82) is 0 Å². The summed E-state index contributed by atoms with van der Waals surface area (Å²) in [5, 5.41) is 35.2. The van der Waals surface area contributed by atoms with Gasteiger partial charge in [0.05, 0.1) is 25.2 Å². The van der Waals surface area contributed by atoms with Crippen molar-refractivity contribution in [1.82, 2.24) is 5.32 Å². The van der Waals surface area contributed by atoms with Crippen LogP contribution < -0.4 is 24.4 Å². The smallest absolute Gasteiger partial charge is 0.339 e. The van der Waals surface area contributed by atoms with Crippen LogP contribution in [0.2, 0.25) is 0 Å². The molecule has 0 bridgehead atoms. The summed E-state index contributed by atoms with van der Waals surface area (Å²) in [4.78, 5) is 37.6. The number of carboxylic acids is 1. The van der Waals surface area contributed by atoms with Gasteiger partial charge in [0.25, 0.3) is 5.69 Å². The van der Waals surface area contributed by atoms with Gasteiger partial charge in [-0.25, -0.2) is 4.79 Å². The van der Waals surface area contributed by atoms with Crippen LogP contribution in [0.3, 0.4) is 0 Å². The minimum absolute atomic E-state index is 0.00920. The van der Waals surface area contributed by atoms with Crippen molar-refractivity contribution < 1.29 is 43.7 Å². The van der Waals surface area contributed by atoms with Crippen LogP contribution in [0.4, 0.5) is 11.4 Å². The fourth-order valence-electron chi connectivity index (χ4n) is 7.04. The van der Waals surface area contributed by atoms with E-state index in [2.05, 4.69) is 26.1 Å². The number of anilines is 1. The number of methoxy groups -OCH3 is 2. The summed E-state index contributed by atoms with van der Waals surface area (Å²) in [6.45, 7) is 7.40. The van der Waals surface area contributed by atoms with E-state index in [1.165, 1.54) is 32.8 Å². The summed E-state index contributed by atoms with van der Waals surface area (Å²) in [7, 11) is 2.93. The lowest BCUT2D eigenvalue weighted by Gasteiger charge is -2.37. The van der Waals surface area contributed by atoms with Gasteiger partial charge in [-0.05, 0) is 66.5 Å². The quantitative estimate of drug-likeness (QED) is 0.0703. The number of phenolic OH excluding ortho intramolecular Hbond substituents is 1. The molecule has 1 fully saturated rings. The molecule has 3 unspecified atom stereocenters. The highest BCUT2D eigenvalue weighted by molar-refractivity contribution is 5.92. The van der Waals surface area contributed by atoms with Gasteiger partial charge in [-0.1, -0.05) is 63.6 Å². The van der Waals surface area contributed by atoms with Crippen molar-refractivity contribution >= 4 is 23.3 Å². The van der Waals surface area contributed by atoms with E-state index in [-0.39, 0.29) is 60.2 Å². The van der Waals surface area contributed by atoms with Gasteiger partial charge >= 0.3 is 5.97 Å². The van der Waals surface area contributed by atoms with Crippen LogP contribution >= 0.6 is 0 Å². The molecule has 3 atom stereocenters. The number of hydrogen-bond donors (Lipinski definition) is 3. The molecule has 4 aromatic rings. The Labute approximate surface area is 320 Å². The molecule has 1 aliphatic carbocycles. The Bertz CT molecular complexity index is 1970. The van der Waals surface area contributed by atoms with E-state index in [0.29, 0.717) is 46.9 Å². The molecule has 292 valence electrons. The first-order valence-corrected chi connectivity index (χ1v) is 18.3. The van der Waals surface area contributed by atoms with Crippen LogP contribution in [0, 0.1) is 27.9 Å². The van der Waals surface area contributed by atoms with Crippen molar-refractivity contribution in [2.75, 3.05) is 25.7 Å². The number of carboxylic acid groups (broad SMARTS) is 1. The number of amides is 1. The SMILES string of the molecule is COc1cccc(CN(Cc2cccc(OC)c2Oc2ccc([N+](=O)[O-])cc2C(=O)O)c2ccc(CNC(=O)COC3CC(C)CCC3C(C)C)cc2)c1O. The molecule has 4 aromatic carbocycles. The number of ether oxygens (including phenoxy) is 4. The van der Waals surface area contributed by atoms with Crippen LogP contribution in [0.1, 0.15) is 67.1 Å². The molecule has 13 heteroatoms. The molecular weight excluding hydrogens is 706 g/mol. The largest absolute Gasteiger partial charge is 0.504 e. The van der Waals surface area contributed by atoms with Crippen molar-refractivity contribution in [3.8, 4) is 28.7 Å². The van der Waals surface area contributed by atoms with Crippen LogP contribution in [-0.4, -0.2) is 53.9 Å². The maximum Gasteiger partial charge on any atom is 0.339 e. The molecule has 3 N–H and O–H groups in total. The number of non-ortho nitro benzene ring substituents is 1. The molecule has 5 rings (SSSR count). The Kier molecular flexibility index (Phi) is 13.6. The Hall–Kier alpha value is -5.82. The molecular formula is C42H49N3O10. The average molecular weight is 756 g/mol. The topological polar surface area (TPSA) is 170 Å². The Morgan fingerprint density at radius 2 is 1.60 bits per heavy atom. The molecule has 0 saturated heterocycles. The standard InChI is InChI=1S/C42H49N3O10/c1-26(2)33-18-12-27(3)20-38(33)54-25-39(46)43-22-28-13-15-31(16-14-28)44(23-29-8-6-10-36(52-4)40(29)47)24-30-9-7-11-37(53-5)41(30)55-35-19-17-32(45(50)51)21-34(35)42(48)49/h6-11,13-17,19,21,26-27,33,38,47H,12,18,20,22-25H2,1-5H3,(H,43,46)(H,48,49). The number of phenols is 1. The normalized spacial score (nSPS) is 16.7. The van der Waals surface area contributed by atoms with Gasteiger partial charge < -0.3 is 39.4 Å². The van der Waals surface area contributed by atoms with Gasteiger partial charge in [0.2, 0.25) is 5.91 Å². The maximum absolute atomic E-state index is 12.8. The minimum atomic E-state index is -1.40.